The second kappa shape index (κ2) is 7.63. The fraction of sp³-hybridized carbons (Fsp3) is 0.750. The molecule has 3 N–H and O–H groups in total. The van der Waals surface area contributed by atoms with Crippen molar-refractivity contribution in [3.63, 3.8) is 0 Å². The van der Waals surface area contributed by atoms with Gasteiger partial charge in [-0.15, -0.1) is 0 Å². The summed E-state index contributed by atoms with van der Waals surface area (Å²) in [5.74, 6) is 1.04. The molecule has 1 heterocycles. The highest BCUT2D eigenvalue weighted by Crippen LogP contribution is 2.20. The predicted octanol–water partition coefficient (Wildman–Crippen LogP) is 2.38. The van der Waals surface area contributed by atoms with E-state index in [1.165, 1.54) is 0 Å². The summed E-state index contributed by atoms with van der Waals surface area (Å²) in [6.07, 6.45) is 8.44. The average molecular weight is 308 g/mol. The summed E-state index contributed by atoms with van der Waals surface area (Å²) >= 11 is 0. The molecule has 1 aliphatic carbocycles. The number of alkyl carbamates (subject to hydrolysis) is 1. The van der Waals surface area contributed by atoms with Gasteiger partial charge in [-0.05, 0) is 53.0 Å². The van der Waals surface area contributed by atoms with Crippen molar-refractivity contribution in [2.24, 2.45) is 0 Å². The smallest absolute Gasteiger partial charge is 0.407 e. The van der Waals surface area contributed by atoms with E-state index < -0.39 is 5.60 Å². The average Bonchev–Trinajstić information content (AvgIpc) is 3.04. The van der Waals surface area contributed by atoms with Crippen molar-refractivity contribution in [3.8, 4) is 0 Å². The third-order valence-corrected chi connectivity index (χ3v) is 3.73. The molecule has 0 aliphatic heterocycles. The molecule has 124 valence electrons. The normalized spacial score (nSPS) is 21.8. The molecule has 1 fully saturated rings. The van der Waals surface area contributed by atoms with Crippen molar-refractivity contribution in [1.82, 2.24) is 20.6 Å². The summed E-state index contributed by atoms with van der Waals surface area (Å²) in [5.41, 5.74) is -0.438. The van der Waals surface area contributed by atoms with Crippen LogP contribution in [0.25, 0.3) is 0 Å². The number of hydrogen-bond acceptors (Lipinski definition) is 4. The Bertz CT molecular complexity index is 453. The first-order valence-electron chi connectivity index (χ1n) is 8.13. The summed E-state index contributed by atoms with van der Waals surface area (Å²) in [5, 5.41) is 6.52. The van der Waals surface area contributed by atoms with Gasteiger partial charge in [0.2, 0.25) is 0 Å². The van der Waals surface area contributed by atoms with Gasteiger partial charge in [0.25, 0.3) is 0 Å². The lowest BCUT2D eigenvalue weighted by molar-refractivity contribution is 0.0505. The van der Waals surface area contributed by atoms with Crippen molar-refractivity contribution in [3.05, 3.63) is 18.2 Å². The number of carbonyl (C=O) groups excluding carboxylic acids is 1. The van der Waals surface area contributed by atoms with Gasteiger partial charge in [0.05, 0.1) is 0 Å². The largest absolute Gasteiger partial charge is 0.444 e. The topological polar surface area (TPSA) is 79.0 Å². The number of nitrogens with zero attached hydrogens (tertiary/aromatic N) is 1. The SMILES string of the molecule is CC(C)(C)OC(=O)NC1CCC(NCCCc2ncc[nH]2)C1. The highest BCUT2D eigenvalue weighted by Gasteiger charge is 2.27. The Morgan fingerprint density at radius 3 is 2.86 bits per heavy atom. The molecule has 1 aromatic rings. The van der Waals surface area contributed by atoms with Crippen molar-refractivity contribution in [1.29, 1.82) is 0 Å². The zero-order chi connectivity index (χ0) is 16.0. The van der Waals surface area contributed by atoms with Gasteiger partial charge < -0.3 is 20.4 Å². The molecule has 0 spiro atoms. The van der Waals surface area contributed by atoms with Crippen LogP contribution in [0.5, 0.6) is 0 Å². The standard InChI is InChI=1S/C16H28N4O2/c1-16(2,3)22-15(21)20-13-7-6-12(11-13)17-8-4-5-14-18-9-10-19-14/h9-10,12-13,17H,4-8,11H2,1-3H3,(H,18,19)(H,20,21). The minimum Gasteiger partial charge on any atom is -0.444 e. The number of nitrogens with one attached hydrogen (secondary N) is 3. The van der Waals surface area contributed by atoms with Crippen LogP contribution in [0.15, 0.2) is 12.4 Å². The third kappa shape index (κ3) is 6.05. The molecule has 1 amide bonds. The van der Waals surface area contributed by atoms with Gasteiger partial charge in [0, 0.05) is 30.9 Å². The van der Waals surface area contributed by atoms with Crippen LogP contribution in [0, 0.1) is 0 Å². The zero-order valence-electron chi connectivity index (χ0n) is 13.8. The molecule has 22 heavy (non-hydrogen) atoms. The molecule has 2 atom stereocenters. The molecule has 6 nitrogen and oxygen atoms in total. The van der Waals surface area contributed by atoms with Gasteiger partial charge >= 0.3 is 6.09 Å². The first-order valence-corrected chi connectivity index (χ1v) is 8.13. The number of hydrogen-bond donors (Lipinski definition) is 3. The number of aryl methyl sites for hydroxylation is 1. The van der Waals surface area contributed by atoms with Crippen LogP contribution in [0.1, 0.15) is 52.3 Å². The van der Waals surface area contributed by atoms with Crippen LogP contribution in [-0.4, -0.2) is 40.3 Å². The number of amides is 1. The molecule has 2 rings (SSSR count). The second-order valence-electron chi connectivity index (χ2n) is 6.95. The number of rotatable bonds is 6. The fourth-order valence-corrected chi connectivity index (χ4v) is 2.77. The van der Waals surface area contributed by atoms with Gasteiger partial charge in [0.1, 0.15) is 11.4 Å². The van der Waals surface area contributed by atoms with E-state index in [-0.39, 0.29) is 12.1 Å². The van der Waals surface area contributed by atoms with Gasteiger partial charge in [-0.3, -0.25) is 0 Å². The molecule has 0 bridgehead atoms. The number of H-pyrrole nitrogens is 1. The van der Waals surface area contributed by atoms with E-state index in [0.29, 0.717) is 6.04 Å². The molecule has 1 saturated carbocycles. The minimum atomic E-state index is -0.438. The van der Waals surface area contributed by atoms with E-state index in [2.05, 4.69) is 20.6 Å². The molecule has 0 saturated heterocycles. The van der Waals surface area contributed by atoms with Crippen molar-refractivity contribution >= 4 is 6.09 Å². The van der Waals surface area contributed by atoms with Gasteiger partial charge in [0.15, 0.2) is 0 Å². The van der Waals surface area contributed by atoms with E-state index in [1.54, 1.807) is 6.20 Å². The van der Waals surface area contributed by atoms with Crippen molar-refractivity contribution in [2.75, 3.05) is 6.54 Å². The van der Waals surface area contributed by atoms with E-state index in [9.17, 15) is 4.79 Å². The second-order valence-corrected chi connectivity index (χ2v) is 6.95. The highest BCUT2D eigenvalue weighted by molar-refractivity contribution is 5.68. The molecule has 0 radical (unpaired) electrons. The lowest BCUT2D eigenvalue weighted by Gasteiger charge is -2.21. The van der Waals surface area contributed by atoms with Crippen LogP contribution < -0.4 is 10.6 Å². The monoisotopic (exact) mass is 308 g/mol. The molecule has 1 aliphatic rings. The first-order chi connectivity index (χ1) is 10.4. The zero-order valence-corrected chi connectivity index (χ0v) is 13.8. The molecule has 2 unspecified atom stereocenters. The minimum absolute atomic E-state index is 0.220. The van der Waals surface area contributed by atoms with E-state index in [1.807, 2.05) is 27.0 Å². The summed E-state index contributed by atoms with van der Waals surface area (Å²) in [7, 11) is 0. The van der Waals surface area contributed by atoms with Crippen LogP contribution in [0.4, 0.5) is 4.79 Å². The molecular weight excluding hydrogens is 280 g/mol. The Hall–Kier alpha value is -1.56. The van der Waals surface area contributed by atoms with Gasteiger partial charge in [-0.2, -0.15) is 0 Å². The first kappa shape index (κ1) is 16.8. The number of aromatic nitrogens is 2. The van der Waals surface area contributed by atoms with Crippen molar-refractivity contribution < 1.29 is 9.53 Å². The van der Waals surface area contributed by atoms with Crippen LogP contribution in [0.3, 0.4) is 0 Å². The van der Waals surface area contributed by atoms with E-state index >= 15 is 0 Å². The fourth-order valence-electron chi connectivity index (χ4n) is 2.77. The quantitative estimate of drug-likeness (QED) is 0.705. The summed E-state index contributed by atoms with van der Waals surface area (Å²) < 4.78 is 5.29. The van der Waals surface area contributed by atoms with Crippen LogP contribution in [-0.2, 0) is 11.2 Å². The predicted molar refractivity (Wildman–Crippen MR) is 85.7 cm³/mol. The maximum absolute atomic E-state index is 11.7. The van der Waals surface area contributed by atoms with Gasteiger partial charge in [-0.25, -0.2) is 9.78 Å². The molecule has 0 aromatic carbocycles. The van der Waals surface area contributed by atoms with E-state index in [4.69, 9.17) is 4.74 Å². The Morgan fingerprint density at radius 1 is 1.41 bits per heavy atom. The Morgan fingerprint density at radius 2 is 2.18 bits per heavy atom. The number of carbonyl (C=O) groups is 1. The van der Waals surface area contributed by atoms with Crippen LogP contribution >= 0.6 is 0 Å². The Balaban J connectivity index is 1.58. The van der Waals surface area contributed by atoms with Gasteiger partial charge in [-0.1, -0.05) is 0 Å². The lowest BCUT2D eigenvalue weighted by atomic mass is 10.2. The molecular formula is C16H28N4O2. The number of aromatic amines is 1. The Labute approximate surface area is 132 Å². The highest BCUT2D eigenvalue weighted by atomic mass is 16.6. The summed E-state index contributed by atoms with van der Waals surface area (Å²) in [4.78, 5) is 19.1. The Kier molecular flexibility index (Phi) is 5.83. The van der Waals surface area contributed by atoms with Crippen LogP contribution in [0.2, 0.25) is 0 Å². The molecule has 1 aromatic heterocycles. The maximum atomic E-state index is 11.7. The molecule has 6 heteroatoms. The number of imidazole rings is 1. The lowest BCUT2D eigenvalue weighted by Crippen LogP contribution is -2.39. The van der Waals surface area contributed by atoms with E-state index in [0.717, 1.165) is 44.5 Å². The number of ether oxygens (including phenoxy) is 1. The third-order valence-electron chi connectivity index (χ3n) is 3.73. The van der Waals surface area contributed by atoms with Crippen molar-refractivity contribution in [2.45, 2.75) is 70.6 Å². The maximum Gasteiger partial charge on any atom is 0.407 e. The summed E-state index contributed by atoms with van der Waals surface area (Å²) in [6.45, 7) is 6.62. The summed E-state index contributed by atoms with van der Waals surface area (Å²) in [6, 6.07) is 0.703.